The lowest BCUT2D eigenvalue weighted by atomic mass is 10.1. The van der Waals surface area contributed by atoms with E-state index >= 15 is 0 Å². The monoisotopic (exact) mass is 387 g/mol. The molecular weight excluding hydrogens is 375 g/mol. The van der Waals surface area contributed by atoms with Gasteiger partial charge in [-0.25, -0.2) is 5.10 Å². The van der Waals surface area contributed by atoms with Crippen LogP contribution in [-0.4, -0.2) is 45.6 Å². The lowest BCUT2D eigenvalue weighted by Gasteiger charge is -2.35. The van der Waals surface area contributed by atoms with E-state index in [9.17, 15) is 22.8 Å². The Balaban J connectivity index is 1.76. The number of nitrogens with zero attached hydrogens (tertiary/aromatic N) is 4. The van der Waals surface area contributed by atoms with Crippen LogP contribution in [0.2, 0.25) is 5.02 Å². The van der Waals surface area contributed by atoms with E-state index in [-0.39, 0.29) is 36.1 Å². The first kappa shape index (κ1) is 18.2. The molecule has 26 heavy (non-hydrogen) atoms. The summed E-state index contributed by atoms with van der Waals surface area (Å²) < 4.78 is 39.1. The zero-order valence-corrected chi connectivity index (χ0v) is 14.0. The van der Waals surface area contributed by atoms with Crippen LogP contribution in [0.1, 0.15) is 11.3 Å². The number of carbonyl (C=O) groups excluding carboxylic acids is 1. The molecule has 7 nitrogen and oxygen atoms in total. The van der Waals surface area contributed by atoms with Crippen molar-refractivity contribution in [2.75, 3.05) is 24.5 Å². The summed E-state index contributed by atoms with van der Waals surface area (Å²) in [7, 11) is 0. The van der Waals surface area contributed by atoms with Gasteiger partial charge in [0.2, 0.25) is 5.91 Å². The topological polar surface area (TPSA) is 82.2 Å². The molecule has 0 aliphatic carbocycles. The number of pyridine rings is 1. The highest BCUT2D eigenvalue weighted by Crippen LogP contribution is 2.31. The molecule has 1 amide bonds. The zero-order valence-electron chi connectivity index (χ0n) is 13.3. The second kappa shape index (κ2) is 6.94. The summed E-state index contributed by atoms with van der Waals surface area (Å²) in [4.78, 5) is 30.2. The van der Waals surface area contributed by atoms with Crippen molar-refractivity contribution in [2.24, 2.45) is 0 Å². The fourth-order valence-electron chi connectivity index (χ4n) is 2.70. The van der Waals surface area contributed by atoms with E-state index in [0.717, 1.165) is 6.20 Å². The van der Waals surface area contributed by atoms with Gasteiger partial charge in [-0.2, -0.15) is 18.3 Å². The zero-order chi connectivity index (χ0) is 18.9. The summed E-state index contributed by atoms with van der Waals surface area (Å²) in [5.74, 6) is -0.385. The molecular formula is C15H13ClF3N5O2. The highest BCUT2D eigenvalue weighted by Gasteiger charge is 2.36. The van der Waals surface area contributed by atoms with Crippen LogP contribution < -0.4 is 10.5 Å². The minimum Gasteiger partial charge on any atom is -0.358 e. The number of anilines is 1. The van der Waals surface area contributed by atoms with E-state index < -0.39 is 17.4 Å². The third kappa shape index (κ3) is 3.64. The van der Waals surface area contributed by atoms with E-state index in [4.69, 9.17) is 11.6 Å². The summed E-state index contributed by atoms with van der Waals surface area (Å²) in [6.45, 7) is 0.162. The molecule has 0 unspecified atom stereocenters. The number of rotatable bonds is 3. The molecule has 138 valence electrons. The molecule has 1 aliphatic rings. The molecule has 0 atom stereocenters. The highest BCUT2D eigenvalue weighted by molar-refractivity contribution is 6.33. The van der Waals surface area contributed by atoms with Crippen molar-refractivity contribution in [1.82, 2.24) is 20.1 Å². The number of aromatic amines is 1. The average Bonchev–Trinajstić information content (AvgIpc) is 2.59. The van der Waals surface area contributed by atoms with Crippen LogP contribution >= 0.6 is 11.6 Å². The van der Waals surface area contributed by atoms with Crippen LogP contribution in [0, 0.1) is 0 Å². The summed E-state index contributed by atoms with van der Waals surface area (Å²) >= 11 is 5.93. The predicted molar refractivity (Wildman–Crippen MR) is 86.7 cm³/mol. The summed E-state index contributed by atoms with van der Waals surface area (Å²) in [5.41, 5.74) is -1.35. The van der Waals surface area contributed by atoms with Crippen molar-refractivity contribution in [2.45, 2.75) is 12.7 Å². The Labute approximate surface area is 150 Å². The Kier molecular flexibility index (Phi) is 4.86. The van der Waals surface area contributed by atoms with Crippen LogP contribution in [0.5, 0.6) is 0 Å². The van der Waals surface area contributed by atoms with E-state index in [2.05, 4.69) is 15.2 Å². The number of hydrogen-bond acceptors (Lipinski definition) is 5. The number of nitrogens with one attached hydrogen (secondary N) is 1. The number of aromatic nitrogens is 3. The number of alkyl halides is 3. The summed E-state index contributed by atoms with van der Waals surface area (Å²) in [6, 6.07) is 2.69. The Morgan fingerprint density at radius 1 is 1.27 bits per heavy atom. The predicted octanol–water partition coefficient (Wildman–Crippen LogP) is 1.69. The molecule has 1 saturated heterocycles. The normalized spacial score (nSPS) is 15.5. The second-order valence-corrected chi connectivity index (χ2v) is 6.02. The van der Waals surface area contributed by atoms with Crippen LogP contribution in [0.4, 0.5) is 18.9 Å². The van der Waals surface area contributed by atoms with Gasteiger partial charge >= 0.3 is 6.18 Å². The Morgan fingerprint density at radius 3 is 2.73 bits per heavy atom. The van der Waals surface area contributed by atoms with Gasteiger partial charge in [0.15, 0.2) is 0 Å². The maximum Gasteiger partial charge on any atom is 0.433 e. The first-order valence-corrected chi connectivity index (χ1v) is 7.92. The third-order valence-corrected chi connectivity index (χ3v) is 4.32. The molecule has 3 heterocycles. The number of carbonyl (C=O) groups is 1. The fraction of sp³-hybridized carbons (Fsp3) is 0.333. The Hall–Kier alpha value is -2.62. The molecule has 0 saturated carbocycles. The van der Waals surface area contributed by atoms with E-state index in [1.165, 1.54) is 23.2 Å². The standard InChI is InChI=1S/C15H13ClF3N5O2/c16-12-10(6-21-22-14(12)26)23-4-5-24(11(25)8-23)7-9-2-1-3-20-13(9)15(17,18)19/h1-3,6H,4-5,7-8H2,(H,22,26). The number of H-pyrrole nitrogens is 1. The quantitative estimate of drug-likeness (QED) is 0.866. The lowest BCUT2D eigenvalue weighted by molar-refractivity contribution is -0.143. The van der Waals surface area contributed by atoms with Gasteiger partial charge in [-0.05, 0) is 6.07 Å². The molecule has 0 aromatic carbocycles. The van der Waals surface area contributed by atoms with Crippen molar-refractivity contribution in [3.05, 3.63) is 51.2 Å². The molecule has 0 spiro atoms. The maximum absolute atomic E-state index is 13.0. The molecule has 2 aromatic heterocycles. The smallest absolute Gasteiger partial charge is 0.358 e. The van der Waals surface area contributed by atoms with Gasteiger partial charge < -0.3 is 9.80 Å². The van der Waals surface area contributed by atoms with E-state index in [0.29, 0.717) is 12.2 Å². The fourth-order valence-corrected chi connectivity index (χ4v) is 2.91. The van der Waals surface area contributed by atoms with Crippen molar-refractivity contribution in [3.8, 4) is 0 Å². The Morgan fingerprint density at radius 2 is 2.04 bits per heavy atom. The highest BCUT2D eigenvalue weighted by atomic mass is 35.5. The van der Waals surface area contributed by atoms with Gasteiger partial charge in [-0.3, -0.25) is 14.6 Å². The molecule has 1 N–H and O–H groups in total. The van der Waals surface area contributed by atoms with Crippen molar-refractivity contribution in [3.63, 3.8) is 0 Å². The molecule has 0 bridgehead atoms. The maximum atomic E-state index is 13.0. The number of hydrogen-bond donors (Lipinski definition) is 1. The molecule has 1 fully saturated rings. The minimum absolute atomic E-state index is 0.0716. The van der Waals surface area contributed by atoms with E-state index in [1.54, 1.807) is 4.90 Å². The van der Waals surface area contributed by atoms with Crippen LogP contribution in [0.15, 0.2) is 29.3 Å². The van der Waals surface area contributed by atoms with Gasteiger partial charge in [0.1, 0.15) is 10.7 Å². The van der Waals surface area contributed by atoms with Gasteiger partial charge in [0, 0.05) is 31.4 Å². The molecule has 0 radical (unpaired) electrons. The Bertz CT molecular complexity index is 886. The third-order valence-electron chi connectivity index (χ3n) is 3.96. The number of halogens is 4. The molecule has 3 rings (SSSR count). The molecule has 2 aromatic rings. The number of amides is 1. The van der Waals surface area contributed by atoms with Crippen molar-refractivity contribution < 1.29 is 18.0 Å². The molecule has 1 aliphatic heterocycles. The van der Waals surface area contributed by atoms with Crippen molar-refractivity contribution >= 4 is 23.2 Å². The van der Waals surface area contributed by atoms with E-state index in [1.807, 2.05) is 0 Å². The van der Waals surface area contributed by atoms with Crippen LogP contribution in [0.3, 0.4) is 0 Å². The van der Waals surface area contributed by atoms with Gasteiger partial charge in [0.25, 0.3) is 5.56 Å². The first-order valence-electron chi connectivity index (χ1n) is 7.54. The summed E-state index contributed by atoms with van der Waals surface area (Å²) in [5, 5.41) is 5.74. The SMILES string of the molecule is O=C1CN(c2cn[nH]c(=O)c2Cl)CCN1Cc1cccnc1C(F)(F)F. The first-order chi connectivity index (χ1) is 12.3. The lowest BCUT2D eigenvalue weighted by Crippen LogP contribution is -2.50. The van der Waals surface area contributed by atoms with Crippen LogP contribution in [-0.2, 0) is 17.5 Å². The minimum atomic E-state index is -4.59. The van der Waals surface area contributed by atoms with Crippen molar-refractivity contribution in [1.29, 1.82) is 0 Å². The second-order valence-electron chi connectivity index (χ2n) is 5.64. The van der Waals surface area contributed by atoms with Gasteiger partial charge in [0.05, 0.1) is 18.4 Å². The summed E-state index contributed by atoms with van der Waals surface area (Å²) in [6.07, 6.45) is -2.20. The largest absolute Gasteiger partial charge is 0.433 e. The molecule has 11 heteroatoms. The van der Waals surface area contributed by atoms with Crippen LogP contribution in [0.25, 0.3) is 0 Å². The average molecular weight is 388 g/mol. The number of piperazine rings is 1. The van der Waals surface area contributed by atoms with Gasteiger partial charge in [-0.15, -0.1) is 0 Å². The van der Waals surface area contributed by atoms with Gasteiger partial charge in [-0.1, -0.05) is 17.7 Å².